The summed E-state index contributed by atoms with van der Waals surface area (Å²) in [7, 11) is 3.27. The molecule has 4 nitrogen and oxygen atoms in total. The highest BCUT2D eigenvalue weighted by Crippen LogP contribution is 2.67. The number of aliphatic hydroxyl groups is 2. The Morgan fingerprint density at radius 3 is 2.07 bits per heavy atom. The van der Waals surface area contributed by atoms with Crippen molar-refractivity contribution >= 4 is 0 Å². The maximum absolute atomic E-state index is 11.7. The minimum absolute atomic E-state index is 0.0978. The van der Waals surface area contributed by atoms with Crippen LogP contribution in [0.15, 0.2) is 18.2 Å². The normalized spacial score (nSPS) is 38.1. The van der Waals surface area contributed by atoms with E-state index in [0.717, 1.165) is 24.8 Å². The summed E-state index contributed by atoms with van der Waals surface area (Å²) in [5, 5.41) is 22.6. The zero-order valence-corrected chi connectivity index (χ0v) is 17.8. The lowest BCUT2D eigenvalue weighted by atomic mass is 9.38. The fraction of sp³-hybridized carbons (Fsp3) is 0.739. The molecule has 0 radical (unpaired) electrons. The molecule has 0 aliphatic heterocycles. The van der Waals surface area contributed by atoms with E-state index in [-0.39, 0.29) is 17.4 Å². The van der Waals surface area contributed by atoms with E-state index in [1.165, 1.54) is 6.42 Å². The lowest BCUT2D eigenvalue weighted by Gasteiger charge is -2.67. The SMILES string of the molecule is COc1cc(OC)cc(C2(CO)C(C)(O)CCC3C(C)(C)CCCC32C)c1. The molecular formula is C23H36O4. The Morgan fingerprint density at radius 1 is 0.963 bits per heavy atom. The molecular weight excluding hydrogens is 340 g/mol. The molecule has 3 rings (SSSR count). The van der Waals surface area contributed by atoms with Gasteiger partial charge in [0.05, 0.1) is 31.8 Å². The molecule has 2 saturated carbocycles. The van der Waals surface area contributed by atoms with Crippen LogP contribution in [0.3, 0.4) is 0 Å². The van der Waals surface area contributed by atoms with Gasteiger partial charge in [0.2, 0.25) is 0 Å². The average molecular weight is 377 g/mol. The fourth-order valence-electron chi connectivity index (χ4n) is 6.73. The monoisotopic (exact) mass is 376 g/mol. The van der Waals surface area contributed by atoms with Gasteiger partial charge in [0.1, 0.15) is 11.5 Å². The number of hydrogen-bond acceptors (Lipinski definition) is 4. The maximum Gasteiger partial charge on any atom is 0.122 e. The number of methoxy groups -OCH3 is 2. The third-order valence-corrected chi connectivity index (χ3v) is 8.13. The van der Waals surface area contributed by atoms with Crippen molar-refractivity contribution in [2.24, 2.45) is 16.7 Å². The van der Waals surface area contributed by atoms with Gasteiger partial charge in [0, 0.05) is 6.07 Å². The van der Waals surface area contributed by atoms with Crippen molar-refractivity contribution in [2.45, 2.75) is 70.8 Å². The number of fused-ring (bicyclic) bond motifs is 1. The molecule has 1 aromatic carbocycles. The van der Waals surface area contributed by atoms with Gasteiger partial charge in [0.25, 0.3) is 0 Å². The highest BCUT2D eigenvalue weighted by atomic mass is 16.5. The van der Waals surface area contributed by atoms with Crippen molar-refractivity contribution in [2.75, 3.05) is 20.8 Å². The van der Waals surface area contributed by atoms with Crippen LogP contribution in [0, 0.1) is 16.7 Å². The van der Waals surface area contributed by atoms with Crippen molar-refractivity contribution in [1.29, 1.82) is 0 Å². The molecule has 1 aromatic rings. The fourth-order valence-corrected chi connectivity index (χ4v) is 6.73. The lowest BCUT2D eigenvalue weighted by Crippen LogP contribution is -2.69. The molecule has 27 heavy (non-hydrogen) atoms. The minimum atomic E-state index is -1.02. The predicted molar refractivity (Wildman–Crippen MR) is 107 cm³/mol. The third-order valence-electron chi connectivity index (χ3n) is 8.13. The van der Waals surface area contributed by atoms with Crippen LogP contribution in [-0.2, 0) is 5.41 Å². The molecule has 0 bridgehead atoms. The van der Waals surface area contributed by atoms with E-state index >= 15 is 0 Å². The molecule has 0 aromatic heterocycles. The van der Waals surface area contributed by atoms with Crippen molar-refractivity contribution < 1.29 is 19.7 Å². The summed E-state index contributed by atoms with van der Waals surface area (Å²) in [5.41, 5.74) is -0.911. The first kappa shape index (κ1) is 20.5. The summed E-state index contributed by atoms with van der Waals surface area (Å²) in [5.74, 6) is 1.81. The minimum Gasteiger partial charge on any atom is -0.497 e. The zero-order chi connectivity index (χ0) is 20.1. The van der Waals surface area contributed by atoms with Crippen LogP contribution in [0.4, 0.5) is 0 Å². The molecule has 0 saturated heterocycles. The van der Waals surface area contributed by atoms with E-state index < -0.39 is 11.0 Å². The Bertz CT molecular complexity index is 673. The summed E-state index contributed by atoms with van der Waals surface area (Å²) in [6.45, 7) is 8.79. The van der Waals surface area contributed by atoms with Gasteiger partial charge >= 0.3 is 0 Å². The summed E-state index contributed by atoms with van der Waals surface area (Å²) < 4.78 is 11.0. The zero-order valence-electron chi connectivity index (χ0n) is 17.8. The first-order chi connectivity index (χ1) is 12.6. The van der Waals surface area contributed by atoms with Crippen LogP contribution >= 0.6 is 0 Å². The topological polar surface area (TPSA) is 58.9 Å². The first-order valence-electron chi connectivity index (χ1n) is 10.1. The van der Waals surface area contributed by atoms with Crippen molar-refractivity contribution in [3.8, 4) is 11.5 Å². The molecule has 4 heteroatoms. The second kappa shape index (κ2) is 6.66. The lowest BCUT2D eigenvalue weighted by molar-refractivity contribution is -0.201. The number of hydrogen-bond donors (Lipinski definition) is 2. The largest absolute Gasteiger partial charge is 0.497 e. The molecule has 152 valence electrons. The van der Waals surface area contributed by atoms with Gasteiger partial charge in [-0.05, 0) is 67.1 Å². The molecule has 0 spiro atoms. The van der Waals surface area contributed by atoms with Crippen LogP contribution in [0.5, 0.6) is 11.5 Å². The van der Waals surface area contributed by atoms with Crippen molar-refractivity contribution in [1.82, 2.24) is 0 Å². The highest BCUT2D eigenvalue weighted by Gasteiger charge is 2.67. The first-order valence-corrected chi connectivity index (χ1v) is 10.1. The van der Waals surface area contributed by atoms with E-state index in [1.54, 1.807) is 14.2 Å². The Kier molecular flexibility index (Phi) is 5.05. The second-order valence-corrected chi connectivity index (χ2v) is 9.79. The van der Waals surface area contributed by atoms with Crippen molar-refractivity contribution in [3.05, 3.63) is 23.8 Å². The van der Waals surface area contributed by atoms with Crippen LogP contribution in [0.2, 0.25) is 0 Å². The summed E-state index contributed by atoms with van der Waals surface area (Å²) in [6, 6.07) is 5.79. The molecule has 4 unspecified atom stereocenters. The second-order valence-electron chi connectivity index (χ2n) is 9.79. The average Bonchev–Trinajstić information content (AvgIpc) is 2.60. The van der Waals surface area contributed by atoms with Gasteiger partial charge in [-0.1, -0.05) is 27.2 Å². The van der Waals surface area contributed by atoms with Crippen LogP contribution < -0.4 is 9.47 Å². The van der Waals surface area contributed by atoms with E-state index in [0.29, 0.717) is 23.8 Å². The molecule has 0 heterocycles. The van der Waals surface area contributed by atoms with E-state index in [1.807, 2.05) is 25.1 Å². The maximum atomic E-state index is 11.7. The Morgan fingerprint density at radius 2 is 1.56 bits per heavy atom. The Balaban J connectivity index is 2.29. The standard InChI is InChI=1S/C23H36O4/c1-20(2)9-7-10-21(3)19(20)8-11-22(4,25)23(21,15-24)16-12-17(26-5)14-18(13-16)27-6/h12-14,19,24-25H,7-11,15H2,1-6H3. The van der Waals surface area contributed by atoms with Crippen LogP contribution in [-0.4, -0.2) is 36.6 Å². The number of rotatable bonds is 4. The van der Waals surface area contributed by atoms with Gasteiger partial charge in [0.15, 0.2) is 0 Å². The van der Waals surface area contributed by atoms with E-state index in [4.69, 9.17) is 9.47 Å². The van der Waals surface area contributed by atoms with Crippen molar-refractivity contribution in [3.63, 3.8) is 0 Å². The Labute approximate surface area is 163 Å². The highest BCUT2D eigenvalue weighted by molar-refractivity contribution is 5.46. The quantitative estimate of drug-likeness (QED) is 0.822. The van der Waals surface area contributed by atoms with E-state index in [2.05, 4.69) is 20.8 Å². The van der Waals surface area contributed by atoms with Gasteiger partial charge < -0.3 is 19.7 Å². The molecule has 0 amide bonds. The molecule has 2 aliphatic carbocycles. The number of benzene rings is 1. The third kappa shape index (κ3) is 2.79. The van der Waals surface area contributed by atoms with Gasteiger partial charge in [-0.3, -0.25) is 0 Å². The summed E-state index contributed by atoms with van der Waals surface area (Å²) >= 11 is 0. The van der Waals surface area contributed by atoms with Gasteiger partial charge in [-0.2, -0.15) is 0 Å². The smallest absolute Gasteiger partial charge is 0.122 e. The molecule has 4 atom stereocenters. The van der Waals surface area contributed by atoms with Gasteiger partial charge in [-0.25, -0.2) is 0 Å². The van der Waals surface area contributed by atoms with E-state index in [9.17, 15) is 10.2 Å². The molecule has 2 N–H and O–H groups in total. The summed E-state index contributed by atoms with van der Waals surface area (Å²) in [4.78, 5) is 0. The molecule has 2 fully saturated rings. The number of aliphatic hydroxyl groups excluding tert-OH is 1. The Hall–Kier alpha value is -1.26. The number of ether oxygens (including phenoxy) is 2. The van der Waals surface area contributed by atoms with Crippen LogP contribution in [0.25, 0.3) is 0 Å². The van der Waals surface area contributed by atoms with Crippen LogP contribution in [0.1, 0.15) is 65.4 Å². The summed E-state index contributed by atoms with van der Waals surface area (Å²) in [6.07, 6.45) is 4.96. The predicted octanol–water partition coefficient (Wildman–Crippen LogP) is 4.31. The van der Waals surface area contributed by atoms with Gasteiger partial charge in [-0.15, -0.1) is 0 Å². The molecule has 2 aliphatic rings.